The topological polar surface area (TPSA) is 3.24 Å². The van der Waals surface area contributed by atoms with Gasteiger partial charge in [0.1, 0.15) is 0 Å². The van der Waals surface area contributed by atoms with Gasteiger partial charge in [-0.15, -0.1) is 0 Å². The number of hydrogen-bond acceptors (Lipinski definition) is 2. The first kappa shape index (κ1) is 37.3. The summed E-state index contributed by atoms with van der Waals surface area (Å²) in [4.78, 5) is 5.62. The summed E-state index contributed by atoms with van der Waals surface area (Å²) in [5.41, 5.74) is 16.6. The van der Waals surface area contributed by atoms with Crippen LogP contribution in [0.1, 0.15) is 147 Å². The van der Waals surface area contributed by atoms with Crippen LogP contribution in [0.3, 0.4) is 0 Å². The van der Waals surface area contributed by atoms with E-state index in [2.05, 4.69) is 175 Å². The highest BCUT2D eigenvalue weighted by atomic mass is 32.2. The zero-order chi connectivity index (χ0) is 40.0. The molecule has 7 aliphatic rings. The van der Waals surface area contributed by atoms with Crippen molar-refractivity contribution in [1.29, 1.82) is 0 Å². The van der Waals surface area contributed by atoms with Crippen LogP contribution < -0.4 is 4.90 Å². The molecule has 0 N–H and O–H groups in total. The Bertz CT molecular complexity index is 2350. The van der Waals surface area contributed by atoms with Gasteiger partial charge in [-0.2, -0.15) is 0 Å². The van der Waals surface area contributed by atoms with Crippen LogP contribution in [0.15, 0.2) is 113 Å². The normalized spacial score (nSPS) is 28.6. The predicted molar refractivity (Wildman–Crippen MR) is 246 cm³/mol. The molecule has 0 saturated heterocycles. The number of hydrogen-bond donors (Lipinski definition) is 0. The second-order valence-electron chi connectivity index (χ2n) is 22.3. The monoisotopic (exact) mass is 781 g/mol. The molecule has 4 saturated carbocycles. The smallest absolute Gasteiger partial charge is 0.0473 e. The summed E-state index contributed by atoms with van der Waals surface area (Å²) in [6.45, 7) is 19.7. The van der Waals surface area contributed by atoms with Gasteiger partial charge in [-0.25, -0.2) is 0 Å². The van der Waals surface area contributed by atoms with Crippen LogP contribution >= 0.6 is 11.8 Å². The van der Waals surface area contributed by atoms with Crippen molar-refractivity contribution in [2.24, 2.45) is 23.7 Å². The lowest BCUT2D eigenvalue weighted by molar-refractivity contribution is -0.0443. The van der Waals surface area contributed by atoms with Gasteiger partial charge in [0, 0.05) is 32.3 Å². The van der Waals surface area contributed by atoms with Crippen LogP contribution in [0.5, 0.6) is 0 Å². The first-order valence-corrected chi connectivity index (χ1v) is 23.6. The Morgan fingerprint density at radius 2 is 0.931 bits per heavy atom. The standard InChI is InChI=1S/C56H63NS/c1-52(2)23-25-54(5,6)48-32-40(17-20-44(48)52)57(41-18-21-45-49(33-41)55(7,8)26-24-53(45,3)4)42-19-22-46-50(34-42)58-51-43(37-13-10-9-11-14-37)15-12-16-47(51)56(46)38-28-35-27-36(30-38)31-39(56)29-35/h9-22,32-36,38-39H,23-31H2,1-8H3. The van der Waals surface area contributed by atoms with E-state index in [1.807, 2.05) is 0 Å². The minimum atomic E-state index is 0.0837. The molecule has 0 aromatic heterocycles. The quantitative estimate of drug-likeness (QED) is 0.179. The molecule has 5 aromatic rings. The first-order valence-electron chi connectivity index (χ1n) is 22.8. The van der Waals surface area contributed by atoms with E-state index in [0.717, 1.165) is 11.8 Å². The van der Waals surface area contributed by atoms with E-state index in [9.17, 15) is 0 Å². The Labute approximate surface area is 353 Å². The van der Waals surface area contributed by atoms with Crippen molar-refractivity contribution in [2.45, 2.75) is 150 Å². The van der Waals surface area contributed by atoms with Crippen molar-refractivity contribution < 1.29 is 0 Å². The van der Waals surface area contributed by atoms with Crippen LogP contribution in [0, 0.1) is 23.7 Å². The molecule has 1 nitrogen and oxygen atoms in total. The lowest BCUT2D eigenvalue weighted by Crippen LogP contribution is -2.57. The maximum absolute atomic E-state index is 2.64. The fraction of sp³-hybridized carbons (Fsp3) is 0.464. The average molecular weight is 782 g/mol. The van der Waals surface area contributed by atoms with E-state index < -0.39 is 0 Å². The third-order valence-corrected chi connectivity index (χ3v) is 18.2. The first-order chi connectivity index (χ1) is 27.7. The third-order valence-electron chi connectivity index (χ3n) is 17.0. The second-order valence-corrected chi connectivity index (χ2v) is 23.4. The highest BCUT2D eigenvalue weighted by molar-refractivity contribution is 7.99. The summed E-state index contributed by atoms with van der Waals surface area (Å²) >= 11 is 2.06. The Balaban J connectivity index is 1.13. The Morgan fingerprint density at radius 3 is 1.47 bits per heavy atom. The molecule has 2 heteroatoms. The third kappa shape index (κ3) is 5.41. The van der Waals surface area contributed by atoms with Gasteiger partial charge >= 0.3 is 0 Å². The Morgan fingerprint density at radius 1 is 0.448 bits per heavy atom. The van der Waals surface area contributed by atoms with Crippen LogP contribution in [0.4, 0.5) is 17.1 Å². The van der Waals surface area contributed by atoms with Crippen molar-refractivity contribution >= 4 is 28.8 Å². The predicted octanol–water partition coefficient (Wildman–Crippen LogP) is 15.7. The summed E-state index contributed by atoms with van der Waals surface area (Å²) in [6.07, 6.45) is 11.9. The van der Waals surface area contributed by atoms with Crippen molar-refractivity contribution in [3.8, 4) is 11.1 Å². The summed E-state index contributed by atoms with van der Waals surface area (Å²) in [7, 11) is 0. The molecule has 4 fully saturated rings. The van der Waals surface area contributed by atoms with Crippen molar-refractivity contribution in [1.82, 2.24) is 0 Å². The maximum atomic E-state index is 2.64. The zero-order valence-corrected chi connectivity index (χ0v) is 37.2. The molecule has 5 aromatic carbocycles. The summed E-state index contributed by atoms with van der Waals surface area (Å²) in [5.74, 6) is 3.26. The SMILES string of the molecule is CC1(C)CCC(C)(C)c2cc(N(c3ccc4c(c3)Sc3c(-c5ccccc5)cccc3C43C4CC5CC(C4)CC3C5)c3ccc4c(c3)C(C)(C)CCC4(C)C)ccc21. The van der Waals surface area contributed by atoms with E-state index in [1.165, 1.54) is 118 Å². The Kier molecular flexibility index (Phi) is 8.12. The molecule has 4 bridgehead atoms. The molecule has 0 atom stereocenters. The van der Waals surface area contributed by atoms with Gasteiger partial charge in [-0.3, -0.25) is 0 Å². The van der Waals surface area contributed by atoms with E-state index in [0.29, 0.717) is 11.8 Å². The van der Waals surface area contributed by atoms with E-state index >= 15 is 0 Å². The van der Waals surface area contributed by atoms with Crippen molar-refractivity contribution in [3.05, 3.63) is 137 Å². The lowest BCUT2D eigenvalue weighted by atomic mass is 9.42. The minimum absolute atomic E-state index is 0.0837. The summed E-state index contributed by atoms with van der Waals surface area (Å²) in [5, 5.41) is 0. The number of fused-ring (bicyclic) bond motifs is 4. The molecular weight excluding hydrogens is 719 g/mol. The fourth-order valence-electron chi connectivity index (χ4n) is 13.8. The minimum Gasteiger partial charge on any atom is -0.310 e. The van der Waals surface area contributed by atoms with Crippen molar-refractivity contribution in [3.63, 3.8) is 0 Å². The lowest BCUT2D eigenvalue weighted by Gasteiger charge is -2.63. The van der Waals surface area contributed by atoms with Gasteiger partial charge in [-0.05, 0) is 184 Å². The van der Waals surface area contributed by atoms with Crippen LogP contribution in [-0.2, 0) is 27.1 Å². The van der Waals surface area contributed by atoms with Gasteiger partial charge in [-0.1, -0.05) is 134 Å². The largest absolute Gasteiger partial charge is 0.310 e. The fourth-order valence-corrected chi connectivity index (χ4v) is 15.2. The highest BCUT2D eigenvalue weighted by Gasteiger charge is 2.61. The molecule has 0 unspecified atom stereocenters. The number of anilines is 3. The number of nitrogens with zero attached hydrogens (tertiary/aromatic N) is 1. The number of benzene rings is 5. The molecule has 12 rings (SSSR count). The number of rotatable bonds is 4. The molecule has 298 valence electrons. The van der Waals surface area contributed by atoms with Crippen LogP contribution in [0.2, 0.25) is 0 Å². The van der Waals surface area contributed by atoms with Gasteiger partial charge in [0.2, 0.25) is 0 Å². The van der Waals surface area contributed by atoms with E-state index in [4.69, 9.17) is 0 Å². The molecule has 0 amide bonds. The second kappa shape index (κ2) is 12.6. The van der Waals surface area contributed by atoms with Gasteiger partial charge in [0.25, 0.3) is 0 Å². The van der Waals surface area contributed by atoms with Crippen molar-refractivity contribution in [2.75, 3.05) is 4.90 Å². The molecule has 1 heterocycles. The average Bonchev–Trinajstić information content (AvgIpc) is 3.20. The maximum Gasteiger partial charge on any atom is 0.0473 e. The zero-order valence-electron chi connectivity index (χ0n) is 36.3. The molecule has 6 aliphatic carbocycles. The van der Waals surface area contributed by atoms with Gasteiger partial charge < -0.3 is 4.90 Å². The van der Waals surface area contributed by atoms with Gasteiger partial charge in [0.05, 0.1) is 0 Å². The summed E-state index contributed by atoms with van der Waals surface area (Å²) in [6, 6.07) is 41.4. The molecule has 58 heavy (non-hydrogen) atoms. The van der Waals surface area contributed by atoms with E-state index in [1.54, 1.807) is 11.1 Å². The highest BCUT2D eigenvalue weighted by Crippen LogP contribution is 2.69. The Hall–Kier alpha value is -3.75. The molecule has 1 aliphatic heterocycles. The van der Waals surface area contributed by atoms with Crippen LogP contribution in [0.25, 0.3) is 11.1 Å². The van der Waals surface area contributed by atoms with Crippen LogP contribution in [-0.4, -0.2) is 0 Å². The molecule has 0 radical (unpaired) electrons. The van der Waals surface area contributed by atoms with E-state index in [-0.39, 0.29) is 27.1 Å². The summed E-state index contributed by atoms with van der Waals surface area (Å²) < 4.78 is 0. The molecular formula is C56H63NS. The molecule has 1 spiro atoms. The van der Waals surface area contributed by atoms with Gasteiger partial charge in [0.15, 0.2) is 0 Å².